The van der Waals surface area contributed by atoms with Gasteiger partial charge < -0.3 is 0 Å². The molecule has 0 amide bonds. The summed E-state index contributed by atoms with van der Waals surface area (Å²) in [5.41, 5.74) is 3.98. The fraction of sp³-hybridized carbons (Fsp3) is 0.789. The zero-order valence-electron chi connectivity index (χ0n) is 13.0. The van der Waals surface area contributed by atoms with Gasteiger partial charge in [0, 0.05) is 0 Å². The van der Waals surface area contributed by atoms with E-state index in [-0.39, 0.29) is 0 Å². The molecule has 20 heavy (non-hydrogen) atoms. The predicted octanol–water partition coefficient (Wildman–Crippen LogP) is 6.41. The van der Waals surface area contributed by atoms with Gasteiger partial charge in [-0.3, -0.25) is 0 Å². The van der Waals surface area contributed by atoms with Crippen molar-refractivity contribution in [3.8, 4) is 0 Å². The second-order valence-corrected chi connectivity index (χ2v) is 9.96. The van der Waals surface area contributed by atoms with E-state index in [2.05, 4.69) is 18.2 Å². The fourth-order valence-electron chi connectivity index (χ4n) is 4.44. The number of rotatable bonds is 5. The Morgan fingerprint density at radius 2 is 1.45 bits per heavy atom. The lowest BCUT2D eigenvalue weighted by atomic mass is 9.99. The van der Waals surface area contributed by atoms with E-state index in [1.807, 2.05) is 0 Å². The molecule has 3 aliphatic rings. The molecule has 0 aliphatic heterocycles. The van der Waals surface area contributed by atoms with E-state index in [9.17, 15) is 0 Å². The van der Waals surface area contributed by atoms with E-state index in [0.717, 1.165) is 11.3 Å². The van der Waals surface area contributed by atoms with Crippen molar-refractivity contribution in [3.63, 3.8) is 0 Å². The lowest BCUT2D eigenvalue weighted by Crippen LogP contribution is -2.22. The maximum absolute atomic E-state index is 2.38. The summed E-state index contributed by atoms with van der Waals surface area (Å²) < 4.78 is 0. The van der Waals surface area contributed by atoms with Crippen LogP contribution in [0, 0.1) is 0 Å². The molecule has 112 valence electrons. The summed E-state index contributed by atoms with van der Waals surface area (Å²) >= 11 is 0. The van der Waals surface area contributed by atoms with Crippen LogP contribution in [0.3, 0.4) is 0 Å². The van der Waals surface area contributed by atoms with Crippen molar-refractivity contribution in [2.45, 2.75) is 88.4 Å². The van der Waals surface area contributed by atoms with Crippen molar-refractivity contribution in [2.24, 2.45) is 0 Å². The first-order chi connectivity index (χ1) is 9.93. The Kier molecular flexibility index (Phi) is 5.77. The highest BCUT2D eigenvalue weighted by molar-refractivity contribution is 7.59. The highest BCUT2D eigenvalue weighted by atomic mass is 31.1. The highest BCUT2D eigenvalue weighted by Crippen LogP contribution is 2.56. The molecule has 0 saturated heterocycles. The van der Waals surface area contributed by atoms with Gasteiger partial charge in [-0.05, 0) is 56.0 Å². The van der Waals surface area contributed by atoms with Crippen LogP contribution in [0.4, 0.5) is 0 Å². The molecule has 2 saturated carbocycles. The Balaban J connectivity index is 1.58. The third-order valence-corrected chi connectivity index (χ3v) is 9.28. The summed E-state index contributed by atoms with van der Waals surface area (Å²) in [4.78, 5) is 0. The molecule has 0 spiro atoms. The van der Waals surface area contributed by atoms with E-state index < -0.39 is 0 Å². The lowest BCUT2D eigenvalue weighted by molar-refractivity contribution is 0.484. The van der Waals surface area contributed by atoms with Crippen LogP contribution in [0.25, 0.3) is 0 Å². The molecule has 0 N–H and O–H groups in total. The van der Waals surface area contributed by atoms with E-state index >= 15 is 0 Å². The molecule has 0 heterocycles. The van der Waals surface area contributed by atoms with Crippen LogP contribution in [0.5, 0.6) is 0 Å². The molecule has 0 unspecified atom stereocenters. The van der Waals surface area contributed by atoms with Crippen LogP contribution < -0.4 is 0 Å². The average Bonchev–Trinajstić information content (AvgIpc) is 3.03. The van der Waals surface area contributed by atoms with Crippen molar-refractivity contribution in [1.29, 1.82) is 0 Å². The van der Waals surface area contributed by atoms with E-state index in [0.29, 0.717) is 7.92 Å². The highest BCUT2D eigenvalue weighted by Gasteiger charge is 2.30. The number of hydrogen-bond acceptors (Lipinski definition) is 0. The smallest absolute Gasteiger partial charge is 0.0132 e. The fourth-order valence-corrected chi connectivity index (χ4v) is 8.37. The maximum atomic E-state index is 2.38. The topological polar surface area (TPSA) is 0 Å². The first kappa shape index (κ1) is 14.8. The molecule has 0 bridgehead atoms. The summed E-state index contributed by atoms with van der Waals surface area (Å²) in [5.74, 6) is 0. The standard InChI is InChI=1S/C19H31P/c1-3-11-18(12-4-1)20(19-13-5-2-6-14-19)16-15-17-9-7-8-10-17/h7-9,18-19H,1-6,10-16H2. The van der Waals surface area contributed by atoms with Crippen molar-refractivity contribution in [1.82, 2.24) is 0 Å². The Bertz CT molecular complexity index is 325. The molecule has 1 heteroatoms. The zero-order chi connectivity index (χ0) is 13.6. The SMILES string of the molecule is C1=CCC(CCP(C2CCCCC2)C2CCCCC2)=C1. The molecule has 2 fully saturated rings. The largest absolute Gasteiger partial charge is 0.100 e. The van der Waals surface area contributed by atoms with Crippen molar-refractivity contribution < 1.29 is 0 Å². The molecular weight excluding hydrogens is 259 g/mol. The first-order valence-electron chi connectivity index (χ1n) is 9.04. The van der Waals surface area contributed by atoms with Crippen LogP contribution in [0.2, 0.25) is 0 Å². The van der Waals surface area contributed by atoms with Gasteiger partial charge in [0.25, 0.3) is 0 Å². The van der Waals surface area contributed by atoms with Crippen LogP contribution in [-0.2, 0) is 0 Å². The summed E-state index contributed by atoms with van der Waals surface area (Å²) in [5, 5.41) is 0. The third kappa shape index (κ3) is 3.97. The Morgan fingerprint density at radius 1 is 0.850 bits per heavy atom. The van der Waals surface area contributed by atoms with Gasteiger partial charge in [-0.1, -0.05) is 62.3 Å². The summed E-state index contributed by atoms with van der Waals surface area (Å²) in [6, 6.07) is 0. The van der Waals surface area contributed by atoms with Crippen LogP contribution >= 0.6 is 7.92 Å². The number of allylic oxidation sites excluding steroid dienone is 4. The van der Waals surface area contributed by atoms with Gasteiger partial charge >= 0.3 is 0 Å². The minimum atomic E-state index is 0.318. The van der Waals surface area contributed by atoms with Crippen molar-refractivity contribution >= 4 is 7.92 Å². The molecular formula is C19H31P. The number of hydrogen-bond donors (Lipinski definition) is 0. The summed E-state index contributed by atoms with van der Waals surface area (Å²) in [7, 11) is 0.318. The Labute approximate surface area is 126 Å². The van der Waals surface area contributed by atoms with E-state index in [4.69, 9.17) is 0 Å². The van der Waals surface area contributed by atoms with Gasteiger partial charge in [0.2, 0.25) is 0 Å². The Morgan fingerprint density at radius 3 is 1.95 bits per heavy atom. The van der Waals surface area contributed by atoms with Gasteiger partial charge in [0.1, 0.15) is 0 Å². The molecule has 0 atom stereocenters. The minimum Gasteiger partial charge on any atom is -0.100 e. The van der Waals surface area contributed by atoms with Crippen LogP contribution in [-0.4, -0.2) is 17.5 Å². The monoisotopic (exact) mass is 290 g/mol. The molecule has 0 aromatic carbocycles. The lowest BCUT2D eigenvalue weighted by Gasteiger charge is -2.38. The van der Waals surface area contributed by atoms with E-state index in [1.165, 1.54) is 51.4 Å². The van der Waals surface area contributed by atoms with Gasteiger partial charge in [-0.2, -0.15) is 0 Å². The van der Waals surface area contributed by atoms with Gasteiger partial charge in [0.05, 0.1) is 0 Å². The first-order valence-corrected chi connectivity index (χ1v) is 10.7. The molecule has 3 rings (SSSR count). The molecule has 0 radical (unpaired) electrons. The van der Waals surface area contributed by atoms with Crippen molar-refractivity contribution in [2.75, 3.05) is 6.16 Å². The predicted molar refractivity (Wildman–Crippen MR) is 92.0 cm³/mol. The second kappa shape index (κ2) is 7.79. The minimum absolute atomic E-state index is 0.318. The third-order valence-electron chi connectivity index (χ3n) is 5.63. The molecule has 3 aliphatic carbocycles. The van der Waals surface area contributed by atoms with Crippen molar-refractivity contribution in [3.05, 3.63) is 23.8 Å². The van der Waals surface area contributed by atoms with Crippen LogP contribution in [0.15, 0.2) is 23.8 Å². The Hall–Kier alpha value is -0.0900. The van der Waals surface area contributed by atoms with Gasteiger partial charge in [0.15, 0.2) is 0 Å². The quantitative estimate of drug-likeness (QED) is 0.513. The normalized spacial score (nSPS) is 25.4. The van der Waals surface area contributed by atoms with Crippen LogP contribution in [0.1, 0.15) is 77.0 Å². The summed E-state index contributed by atoms with van der Waals surface area (Å²) in [6.07, 6.45) is 26.6. The van der Waals surface area contributed by atoms with Gasteiger partial charge in [-0.15, -0.1) is 7.92 Å². The average molecular weight is 290 g/mol. The summed E-state index contributed by atoms with van der Waals surface area (Å²) in [6.45, 7) is 0. The molecule has 0 nitrogen and oxygen atoms in total. The maximum Gasteiger partial charge on any atom is -0.0132 e. The van der Waals surface area contributed by atoms with E-state index in [1.54, 1.807) is 37.4 Å². The second-order valence-electron chi connectivity index (χ2n) is 7.03. The molecule has 0 aromatic heterocycles. The molecule has 0 aromatic rings. The van der Waals surface area contributed by atoms with Gasteiger partial charge in [-0.25, -0.2) is 0 Å². The zero-order valence-corrected chi connectivity index (χ0v) is 13.9.